The van der Waals surface area contributed by atoms with Crippen LogP contribution in [0.25, 0.3) is 0 Å². The van der Waals surface area contributed by atoms with Crippen molar-refractivity contribution in [3.05, 3.63) is 67.3 Å². The molecule has 0 aliphatic rings. The third-order valence-electron chi connectivity index (χ3n) is 2.62. The molecule has 0 aliphatic heterocycles. The molecule has 0 aromatic heterocycles. The third-order valence-corrected chi connectivity index (χ3v) is 10.1. The summed E-state index contributed by atoms with van der Waals surface area (Å²) in [6.07, 6.45) is 0. The number of alkyl halides is 3. The van der Waals surface area contributed by atoms with Gasteiger partial charge in [0.25, 0.3) is 0 Å². The number of aryl methyl sites for hydroxylation is 1. The van der Waals surface area contributed by atoms with Crippen LogP contribution in [0.1, 0.15) is 5.56 Å². The standard InChI is InChI=1S/C14H12F3IO3S/c1-11-7-5-6-10-13(11)18(12-8-3-2-4-9-12)21-22(19,20)14(15,16)17/h2-10H,1H3. The van der Waals surface area contributed by atoms with Crippen molar-refractivity contribution in [3.63, 3.8) is 0 Å². The fourth-order valence-electron chi connectivity index (χ4n) is 1.58. The summed E-state index contributed by atoms with van der Waals surface area (Å²) in [5.41, 5.74) is -4.73. The summed E-state index contributed by atoms with van der Waals surface area (Å²) in [7, 11) is -5.64. The number of hydrogen-bond donors (Lipinski definition) is 0. The van der Waals surface area contributed by atoms with Gasteiger partial charge in [-0.25, -0.2) is 0 Å². The second-order valence-corrected chi connectivity index (χ2v) is 10.7. The van der Waals surface area contributed by atoms with E-state index >= 15 is 0 Å². The van der Waals surface area contributed by atoms with E-state index in [1.807, 2.05) is 0 Å². The Kier molecular flexibility index (Phi) is 5.13. The van der Waals surface area contributed by atoms with E-state index in [2.05, 4.69) is 2.51 Å². The second kappa shape index (κ2) is 6.55. The molecule has 0 saturated carbocycles. The van der Waals surface area contributed by atoms with E-state index in [1.54, 1.807) is 61.5 Å². The summed E-state index contributed by atoms with van der Waals surface area (Å²) in [6.45, 7) is 1.71. The first-order valence-electron chi connectivity index (χ1n) is 6.04. The average molecular weight is 444 g/mol. The van der Waals surface area contributed by atoms with E-state index in [-0.39, 0.29) is 0 Å². The molecular weight excluding hydrogens is 432 g/mol. The fraction of sp³-hybridized carbons (Fsp3) is 0.143. The summed E-state index contributed by atoms with van der Waals surface area (Å²) in [6, 6.07) is 14.9. The van der Waals surface area contributed by atoms with Crippen molar-refractivity contribution in [2.45, 2.75) is 12.4 Å². The van der Waals surface area contributed by atoms with Crippen LogP contribution < -0.4 is 0 Å². The monoisotopic (exact) mass is 444 g/mol. The fourth-order valence-corrected chi connectivity index (χ4v) is 8.42. The summed E-state index contributed by atoms with van der Waals surface area (Å²) in [5.74, 6) is 0. The molecule has 2 aromatic rings. The van der Waals surface area contributed by atoms with Gasteiger partial charge in [-0.2, -0.15) is 0 Å². The zero-order valence-corrected chi connectivity index (χ0v) is 14.3. The van der Waals surface area contributed by atoms with Gasteiger partial charge in [-0.1, -0.05) is 0 Å². The molecule has 0 N–H and O–H groups in total. The minimum atomic E-state index is -5.64. The van der Waals surface area contributed by atoms with Gasteiger partial charge < -0.3 is 0 Å². The first-order chi connectivity index (χ1) is 10.2. The summed E-state index contributed by atoms with van der Waals surface area (Å²) < 4.78 is 66.4. The molecule has 0 spiro atoms. The molecule has 22 heavy (non-hydrogen) atoms. The topological polar surface area (TPSA) is 43.4 Å². The van der Waals surface area contributed by atoms with E-state index in [1.165, 1.54) is 0 Å². The quantitative estimate of drug-likeness (QED) is 0.521. The van der Waals surface area contributed by atoms with Crippen LogP contribution in [0.2, 0.25) is 0 Å². The molecule has 0 aliphatic carbocycles. The molecule has 8 heteroatoms. The Morgan fingerprint density at radius 2 is 1.50 bits per heavy atom. The molecule has 120 valence electrons. The van der Waals surface area contributed by atoms with Gasteiger partial charge in [-0.15, -0.1) is 0 Å². The number of halogens is 4. The van der Waals surface area contributed by atoms with Crippen LogP contribution in [0.3, 0.4) is 0 Å². The molecule has 0 unspecified atom stereocenters. The predicted octanol–water partition coefficient (Wildman–Crippen LogP) is 4.32. The molecular formula is C14H12F3IO3S. The van der Waals surface area contributed by atoms with Gasteiger partial charge in [-0.3, -0.25) is 0 Å². The average Bonchev–Trinajstić information content (AvgIpc) is 2.45. The summed E-state index contributed by atoms with van der Waals surface area (Å²) in [5, 5.41) is 0. The zero-order chi connectivity index (χ0) is 16.4. The van der Waals surface area contributed by atoms with Crippen LogP contribution in [-0.2, 0) is 12.6 Å². The maximum atomic E-state index is 12.6. The maximum absolute atomic E-state index is 12.6. The zero-order valence-electron chi connectivity index (χ0n) is 11.3. The van der Waals surface area contributed by atoms with Crippen LogP contribution in [0.5, 0.6) is 0 Å². The van der Waals surface area contributed by atoms with Crippen molar-refractivity contribution >= 4 is 30.4 Å². The van der Waals surface area contributed by atoms with Crippen molar-refractivity contribution in [2.24, 2.45) is 0 Å². The number of benzene rings is 2. The van der Waals surface area contributed by atoms with Gasteiger partial charge in [-0.05, 0) is 0 Å². The normalized spacial score (nSPS) is 13.0. The molecule has 0 fully saturated rings. The van der Waals surface area contributed by atoms with Crippen molar-refractivity contribution in [2.75, 3.05) is 0 Å². The molecule has 0 bridgehead atoms. The van der Waals surface area contributed by atoms with Crippen LogP contribution in [0.15, 0.2) is 54.6 Å². The third kappa shape index (κ3) is 3.79. The van der Waals surface area contributed by atoms with Gasteiger partial charge in [0.15, 0.2) is 0 Å². The Bertz CT molecular complexity index is 745. The van der Waals surface area contributed by atoms with Gasteiger partial charge in [0.2, 0.25) is 0 Å². The Morgan fingerprint density at radius 3 is 2.05 bits per heavy atom. The Morgan fingerprint density at radius 1 is 0.955 bits per heavy atom. The molecule has 0 saturated heterocycles. The van der Waals surface area contributed by atoms with E-state index in [0.29, 0.717) is 12.7 Å². The SMILES string of the molecule is Cc1ccccc1I(OS(=O)(=O)C(F)(F)F)c1ccccc1. The van der Waals surface area contributed by atoms with Crippen molar-refractivity contribution in [1.29, 1.82) is 0 Å². The van der Waals surface area contributed by atoms with Gasteiger partial charge >= 0.3 is 134 Å². The second-order valence-electron chi connectivity index (χ2n) is 4.26. The van der Waals surface area contributed by atoms with E-state index < -0.39 is 35.9 Å². The summed E-state index contributed by atoms with van der Waals surface area (Å²) in [4.78, 5) is 0. The van der Waals surface area contributed by atoms with Crippen LogP contribution in [-0.4, -0.2) is 13.9 Å². The first kappa shape index (κ1) is 17.2. The van der Waals surface area contributed by atoms with Crippen molar-refractivity contribution in [3.8, 4) is 0 Å². The Hall–Kier alpha value is -1.13. The Labute approximate surface area is 134 Å². The van der Waals surface area contributed by atoms with E-state index in [9.17, 15) is 21.6 Å². The van der Waals surface area contributed by atoms with Crippen molar-refractivity contribution < 1.29 is 24.1 Å². The van der Waals surface area contributed by atoms with Gasteiger partial charge in [0.1, 0.15) is 0 Å². The van der Waals surface area contributed by atoms with Crippen molar-refractivity contribution in [1.82, 2.24) is 0 Å². The summed E-state index contributed by atoms with van der Waals surface area (Å²) >= 11 is -3.24. The first-order valence-corrected chi connectivity index (χ1v) is 10.5. The molecule has 0 radical (unpaired) electrons. The number of rotatable bonds is 4. The van der Waals surface area contributed by atoms with E-state index in [0.717, 1.165) is 0 Å². The molecule has 0 amide bonds. The van der Waals surface area contributed by atoms with Crippen LogP contribution in [0, 0.1) is 14.1 Å². The van der Waals surface area contributed by atoms with Crippen LogP contribution in [0.4, 0.5) is 13.2 Å². The predicted molar refractivity (Wildman–Crippen MR) is 85.1 cm³/mol. The van der Waals surface area contributed by atoms with Gasteiger partial charge in [0, 0.05) is 0 Å². The molecule has 2 aromatic carbocycles. The Balaban J connectivity index is 2.51. The van der Waals surface area contributed by atoms with Crippen LogP contribution >= 0.6 is 20.2 Å². The molecule has 3 nitrogen and oxygen atoms in total. The molecule has 2 rings (SSSR count). The van der Waals surface area contributed by atoms with E-state index in [4.69, 9.17) is 0 Å². The molecule has 0 heterocycles. The number of hydrogen-bond acceptors (Lipinski definition) is 3. The minimum absolute atomic E-state index is 0.480. The molecule has 0 atom stereocenters. The van der Waals surface area contributed by atoms with Gasteiger partial charge in [0.05, 0.1) is 0 Å².